The summed E-state index contributed by atoms with van der Waals surface area (Å²) in [5.74, 6) is 0.502. The summed E-state index contributed by atoms with van der Waals surface area (Å²) in [6.45, 7) is 2.35. The molecule has 3 heterocycles. The first-order chi connectivity index (χ1) is 17.0. The number of hydrogen-bond acceptors (Lipinski definition) is 5. The van der Waals surface area contributed by atoms with E-state index in [4.69, 9.17) is 0 Å². The molecule has 2 aliphatic rings. The third-order valence-corrected chi connectivity index (χ3v) is 7.84. The zero-order valence-electron chi connectivity index (χ0n) is 19.7. The Morgan fingerprint density at radius 2 is 1.74 bits per heavy atom. The molecule has 1 N–H and O–H groups in total. The topological polar surface area (TPSA) is 65.5 Å². The van der Waals surface area contributed by atoms with E-state index in [1.807, 2.05) is 29.3 Å². The van der Waals surface area contributed by atoms with Crippen LogP contribution in [0.15, 0.2) is 71.8 Å². The zero-order valence-corrected chi connectivity index (χ0v) is 20.5. The van der Waals surface area contributed by atoms with Crippen molar-refractivity contribution in [3.8, 4) is 11.1 Å². The molecule has 2 atom stereocenters. The van der Waals surface area contributed by atoms with Crippen LogP contribution in [-0.2, 0) is 15.6 Å². The smallest absolute Gasteiger partial charge is 0.245 e. The van der Waals surface area contributed by atoms with Crippen LogP contribution in [0.2, 0.25) is 0 Å². The Hall–Kier alpha value is -3.26. The fourth-order valence-corrected chi connectivity index (χ4v) is 5.49. The normalized spacial score (nSPS) is 19.7. The molecular weight excluding hydrogens is 463 g/mol. The van der Waals surface area contributed by atoms with Crippen molar-refractivity contribution in [1.29, 1.82) is 0 Å². The van der Waals surface area contributed by atoms with Crippen LogP contribution in [0.25, 0.3) is 11.1 Å². The first-order valence-electron chi connectivity index (χ1n) is 12.0. The van der Waals surface area contributed by atoms with Crippen LogP contribution in [0, 0.1) is 5.82 Å². The van der Waals surface area contributed by atoms with E-state index < -0.39 is 22.7 Å². The number of benzene rings is 2. The van der Waals surface area contributed by atoms with Gasteiger partial charge in [0.15, 0.2) is 0 Å². The van der Waals surface area contributed by atoms with Gasteiger partial charge < -0.3 is 15.1 Å². The Labute approximate surface area is 207 Å². The lowest BCUT2D eigenvalue weighted by Gasteiger charge is -2.37. The number of aromatic nitrogens is 1. The first-order valence-corrected chi connectivity index (χ1v) is 13.5. The van der Waals surface area contributed by atoms with Gasteiger partial charge in [-0.25, -0.2) is 9.37 Å². The van der Waals surface area contributed by atoms with Gasteiger partial charge in [-0.3, -0.25) is 9.00 Å². The third kappa shape index (κ3) is 5.07. The van der Waals surface area contributed by atoms with Gasteiger partial charge in [-0.15, -0.1) is 0 Å². The predicted octanol–water partition coefficient (Wildman–Crippen LogP) is 4.31. The van der Waals surface area contributed by atoms with Crippen molar-refractivity contribution >= 4 is 28.2 Å². The molecule has 1 amide bonds. The van der Waals surface area contributed by atoms with Crippen LogP contribution in [-0.4, -0.2) is 58.0 Å². The van der Waals surface area contributed by atoms with Gasteiger partial charge in [0.25, 0.3) is 0 Å². The number of likely N-dealkylation sites (tertiary alicyclic amines) is 1. The van der Waals surface area contributed by atoms with E-state index in [0.29, 0.717) is 17.9 Å². The molecular formula is C27H29FN4O2S. The number of rotatable bonds is 6. The highest BCUT2D eigenvalue weighted by molar-refractivity contribution is 7.84. The fraction of sp³-hybridized carbons (Fsp3) is 0.333. The molecule has 2 saturated heterocycles. The predicted molar refractivity (Wildman–Crippen MR) is 137 cm³/mol. The van der Waals surface area contributed by atoms with Gasteiger partial charge in [0.1, 0.15) is 17.7 Å². The quantitative estimate of drug-likeness (QED) is 0.556. The standard InChI is InChI=1S/C27H29FN4O2S/c1-35(34)22-8-9-24(23(28)17-22)30-25-13-16-32(27(25)33)21-11-14-31(15-12-21)26-10-7-20(18-29-26)19-5-3-2-4-6-19/h2-10,17-18,21,25,30H,11-16H2,1H3. The van der Waals surface area contributed by atoms with E-state index in [9.17, 15) is 13.4 Å². The van der Waals surface area contributed by atoms with Gasteiger partial charge in [0, 0.05) is 59.4 Å². The average Bonchev–Trinajstić information content (AvgIpc) is 3.25. The van der Waals surface area contributed by atoms with E-state index in [0.717, 1.165) is 42.9 Å². The molecule has 6 nitrogen and oxygen atoms in total. The van der Waals surface area contributed by atoms with Crippen molar-refractivity contribution in [2.75, 3.05) is 36.1 Å². The Morgan fingerprint density at radius 1 is 0.971 bits per heavy atom. The monoisotopic (exact) mass is 492 g/mol. The lowest BCUT2D eigenvalue weighted by atomic mass is 10.0. The lowest BCUT2D eigenvalue weighted by molar-refractivity contribution is -0.130. The summed E-state index contributed by atoms with van der Waals surface area (Å²) >= 11 is 0. The molecule has 0 aliphatic carbocycles. The van der Waals surface area contributed by atoms with Crippen LogP contribution in [0.1, 0.15) is 19.3 Å². The fourth-order valence-electron chi connectivity index (χ4n) is 4.96. The molecule has 35 heavy (non-hydrogen) atoms. The molecule has 5 rings (SSSR count). The molecule has 2 aromatic carbocycles. The van der Waals surface area contributed by atoms with Crippen molar-refractivity contribution in [3.05, 3.63) is 72.7 Å². The minimum atomic E-state index is -1.25. The van der Waals surface area contributed by atoms with Crippen LogP contribution >= 0.6 is 0 Å². The summed E-state index contributed by atoms with van der Waals surface area (Å²) in [5, 5.41) is 3.06. The van der Waals surface area contributed by atoms with E-state index in [-0.39, 0.29) is 17.6 Å². The number of nitrogens with zero attached hydrogens (tertiary/aromatic N) is 3. The number of nitrogens with one attached hydrogen (secondary N) is 1. The number of carbonyl (C=O) groups excluding carboxylic acids is 1. The Morgan fingerprint density at radius 3 is 2.40 bits per heavy atom. The number of halogens is 1. The minimum Gasteiger partial charge on any atom is -0.371 e. The molecule has 2 fully saturated rings. The van der Waals surface area contributed by atoms with Gasteiger partial charge in [0.05, 0.1) is 5.69 Å². The molecule has 182 valence electrons. The van der Waals surface area contributed by atoms with E-state index in [2.05, 4.69) is 39.5 Å². The highest BCUT2D eigenvalue weighted by atomic mass is 32.2. The number of amides is 1. The third-order valence-electron chi connectivity index (χ3n) is 6.93. The second-order valence-corrected chi connectivity index (χ2v) is 10.5. The maximum absolute atomic E-state index is 14.4. The molecule has 1 aromatic heterocycles. The highest BCUT2D eigenvalue weighted by Crippen LogP contribution is 2.28. The van der Waals surface area contributed by atoms with Gasteiger partial charge in [0.2, 0.25) is 5.91 Å². The number of carbonyl (C=O) groups is 1. The van der Waals surface area contributed by atoms with Crippen LogP contribution in [0.3, 0.4) is 0 Å². The van der Waals surface area contributed by atoms with E-state index >= 15 is 0 Å². The van der Waals surface area contributed by atoms with E-state index in [1.165, 1.54) is 12.3 Å². The molecule has 8 heteroatoms. The number of hydrogen-bond donors (Lipinski definition) is 1. The van der Waals surface area contributed by atoms with Crippen molar-refractivity contribution in [1.82, 2.24) is 9.88 Å². The number of anilines is 2. The van der Waals surface area contributed by atoms with Crippen molar-refractivity contribution in [3.63, 3.8) is 0 Å². The maximum Gasteiger partial charge on any atom is 0.245 e. The molecule has 3 aromatic rings. The minimum absolute atomic E-state index is 0.0244. The number of piperidine rings is 1. The Kier molecular flexibility index (Phi) is 6.81. The second kappa shape index (κ2) is 10.2. The summed E-state index contributed by atoms with van der Waals surface area (Å²) in [5.41, 5.74) is 2.52. The Balaban J connectivity index is 1.16. The highest BCUT2D eigenvalue weighted by Gasteiger charge is 2.37. The van der Waals surface area contributed by atoms with Gasteiger partial charge in [-0.05, 0) is 55.2 Å². The lowest BCUT2D eigenvalue weighted by Crippen LogP contribution is -2.47. The summed E-state index contributed by atoms with van der Waals surface area (Å²) in [6.07, 6.45) is 5.84. The second-order valence-electron chi connectivity index (χ2n) is 9.10. The molecule has 0 spiro atoms. The van der Waals surface area contributed by atoms with Crippen LogP contribution in [0.4, 0.5) is 15.9 Å². The van der Waals surface area contributed by atoms with E-state index in [1.54, 1.807) is 12.1 Å². The largest absolute Gasteiger partial charge is 0.371 e. The van der Waals surface area contributed by atoms with Crippen molar-refractivity contribution in [2.45, 2.75) is 36.2 Å². The molecule has 2 unspecified atom stereocenters. The summed E-state index contributed by atoms with van der Waals surface area (Å²) < 4.78 is 26.0. The SMILES string of the molecule is CS(=O)c1ccc(NC2CCN(C3CCN(c4ccc(-c5ccccc5)cn4)CC3)C2=O)c(F)c1. The van der Waals surface area contributed by atoms with Crippen LogP contribution in [0.5, 0.6) is 0 Å². The average molecular weight is 493 g/mol. The van der Waals surface area contributed by atoms with Gasteiger partial charge >= 0.3 is 0 Å². The Bertz CT molecular complexity index is 1210. The summed E-state index contributed by atoms with van der Waals surface area (Å²) in [6, 6.07) is 18.6. The molecule has 0 radical (unpaired) electrons. The van der Waals surface area contributed by atoms with Gasteiger partial charge in [-0.1, -0.05) is 30.3 Å². The van der Waals surface area contributed by atoms with Crippen LogP contribution < -0.4 is 10.2 Å². The van der Waals surface area contributed by atoms with Crippen molar-refractivity contribution in [2.24, 2.45) is 0 Å². The molecule has 2 aliphatic heterocycles. The summed E-state index contributed by atoms with van der Waals surface area (Å²) in [4.78, 5) is 22.4. The van der Waals surface area contributed by atoms with Crippen molar-refractivity contribution < 1.29 is 13.4 Å². The zero-order chi connectivity index (χ0) is 24.4. The number of pyridine rings is 1. The molecule has 0 saturated carbocycles. The molecule has 0 bridgehead atoms. The van der Waals surface area contributed by atoms with Gasteiger partial charge in [-0.2, -0.15) is 0 Å². The first kappa shape index (κ1) is 23.5. The summed E-state index contributed by atoms with van der Waals surface area (Å²) in [7, 11) is -1.25. The maximum atomic E-state index is 14.4.